The lowest BCUT2D eigenvalue weighted by Gasteiger charge is -2.61. The lowest BCUT2D eigenvalue weighted by Crippen LogP contribution is -2.53. The van der Waals surface area contributed by atoms with Gasteiger partial charge in [0.15, 0.2) is 5.78 Å². The summed E-state index contributed by atoms with van der Waals surface area (Å²) in [7, 11) is 0. The van der Waals surface area contributed by atoms with Crippen LogP contribution in [0.2, 0.25) is 0 Å². The van der Waals surface area contributed by atoms with Crippen LogP contribution >= 0.6 is 0 Å². The van der Waals surface area contributed by atoms with Gasteiger partial charge in [-0.2, -0.15) is 0 Å². The van der Waals surface area contributed by atoms with Gasteiger partial charge in [0.25, 0.3) is 0 Å². The average Bonchev–Trinajstić information content (AvgIpc) is 3.17. The predicted octanol–water partition coefficient (Wildman–Crippen LogP) is 8.99. The summed E-state index contributed by atoms with van der Waals surface area (Å²) in [4.78, 5) is 12.5. The standard InChI is InChI=1S/C33H48O/c1-22(2)10-9-11-23(3)28-14-15-29-31-27(24-12-7-6-8-13-24)21-25-20-26(34)16-18-32(25,4)30(31)17-19-33(28,29)5/h6-8,12-13,20,22-23,27-31H,9-11,14-19,21H2,1-5H3/t23-,27-,28-,29+,30+,31+,32+,33-/m1/s1. The van der Waals surface area contributed by atoms with Crippen LogP contribution in [-0.2, 0) is 4.79 Å². The van der Waals surface area contributed by atoms with Gasteiger partial charge in [0.2, 0.25) is 0 Å². The molecule has 0 aromatic heterocycles. The molecule has 0 aliphatic heterocycles. The van der Waals surface area contributed by atoms with E-state index in [2.05, 4.69) is 71.0 Å². The van der Waals surface area contributed by atoms with Crippen LogP contribution in [0.4, 0.5) is 0 Å². The molecule has 5 rings (SSSR count). The Balaban J connectivity index is 1.47. The van der Waals surface area contributed by atoms with Gasteiger partial charge >= 0.3 is 0 Å². The summed E-state index contributed by atoms with van der Waals surface area (Å²) in [5, 5.41) is 0. The molecule has 34 heavy (non-hydrogen) atoms. The number of carbonyl (C=O) groups is 1. The zero-order valence-electron chi connectivity index (χ0n) is 22.5. The van der Waals surface area contributed by atoms with Crippen molar-refractivity contribution in [2.24, 2.45) is 46.3 Å². The molecule has 1 heteroatoms. The highest BCUT2D eigenvalue weighted by molar-refractivity contribution is 5.91. The molecule has 4 aliphatic rings. The smallest absolute Gasteiger partial charge is 0.155 e. The molecule has 3 fully saturated rings. The van der Waals surface area contributed by atoms with Crippen molar-refractivity contribution in [3.63, 3.8) is 0 Å². The largest absolute Gasteiger partial charge is 0.295 e. The van der Waals surface area contributed by atoms with Crippen molar-refractivity contribution in [1.29, 1.82) is 0 Å². The van der Waals surface area contributed by atoms with Crippen molar-refractivity contribution < 1.29 is 4.79 Å². The second kappa shape index (κ2) is 9.25. The number of hydrogen-bond donors (Lipinski definition) is 0. The van der Waals surface area contributed by atoms with E-state index in [1.54, 1.807) is 0 Å². The number of benzene rings is 1. The van der Waals surface area contributed by atoms with Crippen LogP contribution in [0.5, 0.6) is 0 Å². The van der Waals surface area contributed by atoms with Crippen LogP contribution in [0.1, 0.15) is 110 Å². The van der Waals surface area contributed by atoms with Crippen molar-refractivity contribution >= 4 is 5.78 Å². The summed E-state index contributed by atoms with van der Waals surface area (Å²) < 4.78 is 0. The van der Waals surface area contributed by atoms with Gasteiger partial charge in [-0.15, -0.1) is 0 Å². The summed E-state index contributed by atoms with van der Waals surface area (Å²) >= 11 is 0. The number of ketones is 1. The normalized spacial score (nSPS) is 40.4. The van der Waals surface area contributed by atoms with Crippen LogP contribution in [0.3, 0.4) is 0 Å². The summed E-state index contributed by atoms with van der Waals surface area (Å²) in [6.07, 6.45) is 14.8. The van der Waals surface area contributed by atoms with Gasteiger partial charge in [-0.1, -0.05) is 89.8 Å². The maximum absolute atomic E-state index is 12.5. The fourth-order valence-corrected chi connectivity index (χ4v) is 9.63. The molecule has 1 nitrogen and oxygen atoms in total. The average molecular weight is 461 g/mol. The topological polar surface area (TPSA) is 17.1 Å². The minimum Gasteiger partial charge on any atom is -0.295 e. The minimum absolute atomic E-state index is 0.242. The number of fused-ring (bicyclic) bond motifs is 5. The van der Waals surface area contributed by atoms with E-state index in [1.807, 2.05) is 0 Å². The van der Waals surface area contributed by atoms with E-state index in [-0.39, 0.29) is 5.41 Å². The zero-order valence-corrected chi connectivity index (χ0v) is 22.5. The Morgan fingerprint density at radius 1 is 0.941 bits per heavy atom. The summed E-state index contributed by atoms with van der Waals surface area (Å²) in [6.45, 7) is 12.6. The van der Waals surface area contributed by atoms with Gasteiger partial charge in [0, 0.05) is 6.42 Å². The van der Waals surface area contributed by atoms with Crippen LogP contribution in [0.25, 0.3) is 0 Å². The third-order valence-corrected chi connectivity index (χ3v) is 11.4. The molecule has 0 spiro atoms. The second-order valence-electron chi connectivity index (χ2n) is 13.6. The molecule has 0 unspecified atom stereocenters. The van der Waals surface area contributed by atoms with Gasteiger partial charge in [-0.25, -0.2) is 0 Å². The van der Waals surface area contributed by atoms with Crippen molar-refractivity contribution in [3.05, 3.63) is 47.5 Å². The summed E-state index contributed by atoms with van der Waals surface area (Å²) in [6, 6.07) is 11.4. The molecule has 0 radical (unpaired) electrons. The van der Waals surface area contributed by atoms with Crippen LogP contribution in [0, 0.1) is 46.3 Å². The molecule has 1 aromatic rings. The molecule has 0 saturated heterocycles. The van der Waals surface area contributed by atoms with E-state index < -0.39 is 0 Å². The van der Waals surface area contributed by atoms with Crippen LogP contribution < -0.4 is 0 Å². The van der Waals surface area contributed by atoms with Gasteiger partial charge in [0.05, 0.1) is 0 Å². The van der Waals surface area contributed by atoms with E-state index in [0.717, 1.165) is 54.8 Å². The van der Waals surface area contributed by atoms with Gasteiger partial charge in [0.1, 0.15) is 0 Å². The highest BCUT2D eigenvalue weighted by Crippen LogP contribution is 2.70. The van der Waals surface area contributed by atoms with Crippen molar-refractivity contribution in [2.45, 2.75) is 105 Å². The highest BCUT2D eigenvalue weighted by Gasteiger charge is 2.61. The predicted molar refractivity (Wildman–Crippen MR) is 143 cm³/mol. The Kier molecular flexibility index (Phi) is 6.62. The first-order chi connectivity index (χ1) is 16.2. The number of rotatable bonds is 6. The lowest BCUT2D eigenvalue weighted by atomic mass is 9.43. The Hall–Kier alpha value is -1.37. The lowest BCUT2D eigenvalue weighted by molar-refractivity contribution is -0.118. The second-order valence-corrected chi connectivity index (χ2v) is 13.6. The molecule has 8 atom stereocenters. The Labute approximate surface area is 209 Å². The molecule has 3 saturated carbocycles. The van der Waals surface area contributed by atoms with Crippen molar-refractivity contribution in [1.82, 2.24) is 0 Å². The molecule has 4 aliphatic carbocycles. The molecule has 186 valence electrons. The monoisotopic (exact) mass is 460 g/mol. The molecule has 0 N–H and O–H groups in total. The molecule has 0 bridgehead atoms. The first-order valence-electron chi connectivity index (χ1n) is 14.5. The SMILES string of the molecule is CC(C)CCC[C@@H](C)[C@H]1CC[C@H]2[C@@H]3[C@@H](c4ccccc4)CC4=CC(=O)CC[C@]4(C)[C@H]3CC[C@]12C. The Morgan fingerprint density at radius 3 is 2.44 bits per heavy atom. The number of hydrogen-bond acceptors (Lipinski definition) is 1. The first kappa shape index (κ1) is 24.3. The Morgan fingerprint density at radius 2 is 1.71 bits per heavy atom. The maximum atomic E-state index is 12.5. The van der Waals surface area contributed by atoms with E-state index in [4.69, 9.17) is 0 Å². The maximum Gasteiger partial charge on any atom is 0.155 e. The number of carbonyl (C=O) groups excluding carboxylic acids is 1. The fourth-order valence-electron chi connectivity index (χ4n) is 9.63. The first-order valence-corrected chi connectivity index (χ1v) is 14.5. The Bertz CT molecular complexity index is 912. The van der Waals surface area contributed by atoms with Gasteiger partial charge in [-0.3, -0.25) is 4.79 Å². The minimum atomic E-state index is 0.242. The summed E-state index contributed by atoms with van der Waals surface area (Å²) in [5.74, 6) is 5.86. The third kappa shape index (κ3) is 4.04. The van der Waals surface area contributed by atoms with Gasteiger partial charge < -0.3 is 0 Å². The van der Waals surface area contributed by atoms with Crippen molar-refractivity contribution in [2.75, 3.05) is 0 Å². The molecular weight excluding hydrogens is 412 g/mol. The highest BCUT2D eigenvalue weighted by atomic mass is 16.1. The van der Waals surface area contributed by atoms with E-state index >= 15 is 0 Å². The van der Waals surface area contributed by atoms with E-state index in [0.29, 0.717) is 17.1 Å². The van der Waals surface area contributed by atoms with Crippen LogP contribution in [-0.4, -0.2) is 5.78 Å². The van der Waals surface area contributed by atoms with Crippen LogP contribution in [0.15, 0.2) is 42.0 Å². The molecule has 0 amide bonds. The quantitative estimate of drug-likeness (QED) is 0.414. The summed E-state index contributed by atoms with van der Waals surface area (Å²) in [5.41, 5.74) is 3.75. The molecule has 0 heterocycles. The fraction of sp³-hybridized carbons (Fsp3) is 0.727. The zero-order chi connectivity index (χ0) is 24.1. The van der Waals surface area contributed by atoms with Crippen molar-refractivity contribution in [3.8, 4) is 0 Å². The number of allylic oxidation sites excluding steroid dienone is 1. The molecule has 1 aromatic carbocycles. The van der Waals surface area contributed by atoms with E-state index in [1.165, 1.54) is 56.1 Å². The van der Waals surface area contributed by atoms with E-state index in [9.17, 15) is 4.79 Å². The van der Waals surface area contributed by atoms with Gasteiger partial charge in [-0.05, 0) is 102 Å². The molecular formula is C33H48O. The third-order valence-electron chi connectivity index (χ3n) is 11.4.